The molecule has 4 aromatic rings. The van der Waals surface area contributed by atoms with Crippen LogP contribution in [0.5, 0.6) is 0 Å². The van der Waals surface area contributed by atoms with Gasteiger partial charge in [-0.15, -0.1) is 10.2 Å². The van der Waals surface area contributed by atoms with E-state index in [9.17, 15) is 4.79 Å². The van der Waals surface area contributed by atoms with E-state index in [4.69, 9.17) is 0 Å². The van der Waals surface area contributed by atoms with Gasteiger partial charge in [0.15, 0.2) is 10.9 Å². The van der Waals surface area contributed by atoms with Gasteiger partial charge in [0.25, 0.3) is 0 Å². The Kier molecular flexibility index (Phi) is 4.90. The number of Topliss-reactive ketones (excluding diaryl/α,β-unsaturated/α-hetero) is 1. The number of benzene rings is 2. The Morgan fingerprint density at radius 1 is 1.09 bits per heavy atom. The van der Waals surface area contributed by atoms with Crippen molar-refractivity contribution >= 4 is 28.4 Å². The molecule has 2 aromatic carbocycles. The van der Waals surface area contributed by atoms with Crippen molar-refractivity contribution in [3.8, 4) is 0 Å². The van der Waals surface area contributed by atoms with Gasteiger partial charge in [0, 0.05) is 34.6 Å². The van der Waals surface area contributed by atoms with Crippen LogP contribution in [0.2, 0.25) is 0 Å². The van der Waals surface area contributed by atoms with Crippen molar-refractivity contribution in [1.29, 1.82) is 0 Å². The molecule has 0 unspecified atom stereocenters. The number of H-pyrrole nitrogens is 1. The fourth-order valence-corrected chi connectivity index (χ4v) is 5.71. The normalized spacial score (nSPS) is 17.0. The van der Waals surface area contributed by atoms with Crippen LogP contribution in [0.3, 0.4) is 0 Å². The van der Waals surface area contributed by atoms with Crippen molar-refractivity contribution in [2.75, 3.05) is 0 Å². The highest BCUT2D eigenvalue weighted by molar-refractivity contribution is 8.00. The third-order valence-corrected chi connectivity index (χ3v) is 7.77. The van der Waals surface area contributed by atoms with E-state index in [-0.39, 0.29) is 11.0 Å². The van der Waals surface area contributed by atoms with E-state index in [0.717, 1.165) is 39.4 Å². The van der Waals surface area contributed by atoms with E-state index in [1.807, 2.05) is 48.7 Å². The maximum absolute atomic E-state index is 14.0. The topological polar surface area (TPSA) is 63.6 Å². The number of ketones is 1. The predicted molar refractivity (Wildman–Crippen MR) is 127 cm³/mol. The second-order valence-corrected chi connectivity index (χ2v) is 9.96. The highest BCUT2D eigenvalue weighted by atomic mass is 32.2. The van der Waals surface area contributed by atoms with Gasteiger partial charge in [-0.1, -0.05) is 67.2 Å². The third kappa shape index (κ3) is 3.47. The molecule has 5 nitrogen and oxygen atoms in total. The molecule has 162 valence electrons. The summed E-state index contributed by atoms with van der Waals surface area (Å²) in [6.45, 7) is 2.14. The molecule has 1 atom stereocenters. The first-order valence-electron chi connectivity index (χ1n) is 11.5. The number of carbonyl (C=O) groups is 1. The summed E-state index contributed by atoms with van der Waals surface area (Å²) in [5.41, 5.74) is 4.04. The van der Waals surface area contributed by atoms with Crippen LogP contribution in [0, 0.1) is 0 Å². The molecular weight excluding hydrogens is 416 g/mol. The van der Waals surface area contributed by atoms with Gasteiger partial charge >= 0.3 is 0 Å². The van der Waals surface area contributed by atoms with Crippen LogP contribution in [0.15, 0.2) is 59.9 Å². The summed E-state index contributed by atoms with van der Waals surface area (Å²) in [5.74, 6) is 1.78. The molecule has 1 N–H and O–H groups in total. The zero-order valence-electron chi connectivity index (χ0n) is 18.1. The number of nitrogens with one attached hydrogen (secondary N) is 1. The van der Waals surface area contributed by atoms with E-state index in [1.165, 1.54) is 31.2 Å². The molecule has 2 fully saturated rings. The van der Waals surface area contributed by atoms with E-state index in [2.05, 4.69) is 32.7 Å². The highest BCUT2D eigenvalue weighted by Crippen LogP contribution is 2.48. The Balaban J connectivity index is 1.41. The minimum Gasteiger partial charge on any atom is -0.360 e. The van der Waals surface area contributed by atoms with E-state index < -0.39 is 0 Å². The summed E-state index contributed by atoms with van der Waals surface area (Å²) < 4.78 is 2.33. The van der Waals surface area contributed by atoms with Gasteiger partial charge in [0.2, 0.25) is 0 Å². The summed E-state index contributed by atoms with van der Waals surface area (Å²) >= 11 is 1.55. The number of fused-ring (bicyclic) bond motifs is 1. The molecule has 0 amide bonds. The lowest BCUT2D eigenvalue weighted by Crippen LogP contribution is -2.11. The van der Waals surface area contributed by atoms with Gasteiger partial charge in [-0.2, -0.15) is 0 Å². The smallest absolute Gasteiger partial charge is 0.192 e. The van der Waals surface area contributed by atoms with Crippen LogP contribution in [0.25, 0.3) is 10.9 Å². The van der Waals surface area contributed by atoms with Crippen LogP contribution in [0.1, 0.15) is 77.1 Å². The molecule has 6 rings (SSSR count). The van der Waals surface area contributed by atoms with Crippen LogP contribution >= 0.6 is 11.8 Å². The minimum absolute atomic E-state index is 0.110. The zero-order chi connectivity index (χ0) is 21.7. The zero-order valence-corrected chi connectivity index (χ0v) is 18.9. The van der Waals surface area contributed by atoms with Crippen molar-refractivity contribution < 1.29 is 4.79 Å². The molecule has 2 heterocycles. The molecule has 32 heavy (non-hydrogen) atoms. The first kappa shape index (κ1) is 19.8. The second kappa shape index (κ2) is 7.93. The number of rotatable bonds is 8. The van der Waals surface area contributed by atoms with Gasteiger partial charge in [0.1, 0.15) is 11.1 Å². The lowest BCUT2D eigenvalue weighted by Gasteiger charge is -2.16. The van der Waals surface area contributed by atoms with Gasteiger partial charge in [-0.05, 0) is 43.2 Å². The van der Waals surface area contributed by atoms with E-state index in [0.29, 0.717) is 12.0 Å². The van der Waals surface area contributed by atoms with Crippen molar-refractivity contribution in [3.63, 3.8) is 0 Å². The molecule has 0 aliphatic heterocycles. The van der Waals surface area contributed by atoms with Crippen molar-refractivity contribution in [3.05, 3.63) is 77.2 Å². The molecular formula is C26H26N4OS. The minimum atomic E-state index is -0.366. The maximum atomic E-state index is 14.0. The number of para-hydroxylation sites is 1. The first-order valence-corrected chi connectivity index (χ1v) is 12.4. The molecule has 0 bridgehead atoms. The number of aromatic nitrogens is 4. The monoisotopic (exact) mass is 442 g/mol. The molecule has 2 aromatic heterocycles. The van der Waals surface area contributed by atoms with Crippen molar-refractivity contribution in [1.82, 2.24) is 19.7 Å². The fraction of sp³-hybridized carbons (Fsp3) is 0.346. The lowest BCUT2D eigenvalue weighted by molar-refractivity contribution is 0.0991. The average Bonchev–Trinajstić information content (AvgIpc) is 3.77. The van der Waals surface area contributed by atoms with Crippen LogP contribution in [-0.2, 0) is 6.42 Å². The Labute approximate surface area is 191 Å². The van der Waals surface area contributed by atoms with Crippen LogP contribution in [-0.4, -0.2) is 25.5 Å². The number of aryl methyl sites for hydroxylation is 1. The van der Waals surface area contributed by atoms with Gasteiger partial charge in [-0.3, -0.25) is 4.79 Å². The number of hydrogen-bond donors (Lipinski definition) is 1. The largest absolute Gasteiger partial charge is 0.360 e. The van der Waals surface area contributed by atoms with Crippen LogP contribution in [0.4, 0.5) is 0 Å². The Morgan fingerprint density at radius 3 is 2.62 bits per heavy atom. The molecule has 6 heteroatoms. The lowest BCUT2D eigenvalue weighted by atomic mass is 10.0. The molecule has 2 saturated carbocycles. The quantitative estimate of drug-likeness (QED) is 0.259. The first-order chi connectivity index (χ1) is 15.7. The standard InChI is InChI=1S/C26H26N4OS/c1-2-16-9-6-10-20-21(15-27-22(16)20)23(31)24(17-7-4-3-5-8-17)32-26-29-28-25(18-11-12-18)30(26)19-13-14-19/h3-10,15,18-19,24,27H,2,11-14H2,1H3/t24-/m0/s1. The maximum Gasteiger partial charge on any atom is 0.192 e. The van der Waals surface area contributed by atoms with E-state index in [1.54, 1.807) is 11.8 Å². The number of aromatic amines is 1. The fourth-order valence-electron chi connectivity index (χ4n) is 4.53. The number of carbonyl (C=O) groups excluding carboxylic acids is 1. The average molecular weight is 443 g/mol. The highest BCUT2D eigenvalue weighted by Gasteiger charge is 2.38. The summed E-state index contributed by atoms with van der Waals surface area (Å²) in [4.78, 5) is 17.3. The second-order valence-electron chi connectivity index (χ2n) is 8.88. The summed E-state index contributed by atoms with van der Waals surface area (Å²) in [6, 6.07) is 16.8. The SMILES string of the molecule is CCc1cccc2c(C(=O)[C@@H](Sc3nnc(C4CC4)n3C3CC3)c3ccccc3)c[nH]c12. The number of hydrogen-bond acceptors (Lipinski definition) is 4. The van der Waals surface area contributed by atoms with Crippen molar-refractivity contribution in [2.45, 2.75) is 61.4 Å². The summed E-state index contributed by atoms with van der Waals surface area (Å²) in [7, 11) is 0. The Bertz CT molecular complexity index is 1280. The Hall–Kier alpha value is -2.86. The number of nitrogens with zero attached hydrogens (tertiary/aromatic N) is 3. The molecule has 0 radical (unpaired) electrons. The van der Waals surface area contributed by atoms with Gasteiger partial charge in [0.05, 0.1) is 0 Å². The van der Waals surface area contributed by atoms with Crippen molar-refractivity contribution in [2.24, 2.45) is 0 Å². The van der Waals surface area contributed by atoms with Crippen LogP contribution < -0.4 is 0 Å². The van der Waals surface area contributed by atoms with Gasteiger partial charge < -0.3 is 9.55 Å². The Morgan fingerprint density at radius 2 is 1.91 bits per heavy atom. The summed E-state index contributed by atoms with van der Waals surface area (Å²) in [6.07, 6.45) is 7.56. The molecule has 2 aliphatic carbocycles. The third-order valence-electron chi connectivity index (χ3n) is 6.56. The molecule has 0 spiro atoms. The van der Waals surface area contributed by atoms with E-state index >= 15 is 0 Å². The summed E-state index contributed by atoms with van der Waals surface area (Å²) in [5, 5.41) is 10.6. The molecule has 2 aliphatic rings. The number of thioether (sulfide) groups is 1. The molecule has 0 saturated heterocycles. The van der Waals surface area contributed by atoms with Gasteiger partial charge in [-0.25, -0.2) is 0 Å². The predicted octanol–water partition coefficient (Wildman–Crippen LogP) is 6.25.